The highest BCUT2D eigenvalue weighted by molar-refractivity contribution is 6.31. The second-order valence-electron chi connectivity index (χ2n) is 3.10. The fraction of sp³-hybridized carbons (Fsp3) is 0.364. The minimum Gasteiger partial charge on any atom is -0.465 e. The van der Waals surface area contributed by atoms with Crippen LogP contribution in [0.3, 0.4) is 0 Å². The quantitative estimate of drug-likeness (QED) is 0.705. The molecular formula is C11H13ClO2. The van der Waals surface area contributed by atoms with Gasteiger partial charge in [-0.3, -0.25) is 0 Å². The predicted octanol–water partition coefficient (Wildman–Crippen LogP) is 3.00. The molecule has 0 fully saturated rings. The van der Waals surface area contributed by atoms with Gasteiger partial charge in [0.1, 0.15) is 0 Å². The number of ether oxygens (including phenoxy) is 1. The molecular weight excluding hydrogens is 200 g/mol. The van der Waals surface area contributed by atoms with Crippen LogP contribution in [0.15, 0.2) is 12.1 Å². The predicted molar refractivity (Wildman–Crippen MR) is 56.9 cm³/mol. The van der Waals surface area contributed by atoms with Crippen LogP contribution in [-0.2, 0) is 11.2 Å². The zero-order chi connectivity index (χ0) is 10.7. The molecule has 76 valence electrons. The van der Waals surface area contributed by atoms with Gasteiger partial charge < -0.3 is 4.74 Å². The van der Waals surface area contributed by atoms with E-state index in [2.05, 4.69) is 0 Å². The zero-order valence-electron chi connectivity index (χ0n) is 8.56. The maximum Gasteiger partial charge on any atom is 0.338 e. The summed E-state index contributed by atoms with van der Waals surface area (Å²) in [6.07, 6.45) is 0.768. The summed E-state index contributed by atoms with van der Waals surface area (Å²) in [4.78, 5) is 11.4. The van der Waals surface area contributed by atoms with E-state index in [9.17, 15) is 4.79 Å². The SMILES string of the molecule is CCc1cc(Cl)c(C)cc1C(=O)OC. The van der Waals surface area contributed by atoms with E-state index in [1.54, 1.807) is 6.07 Å². The van der Waals surface area contributed by atoms with Gasteiger partial charge in [-0.25, -0.2) is 4.79 Å². The van der Waals surface area contributed by atoms with Crippen molar-refractivity contribution in [3.63, 3.8) is 0 Å². The summed E-state index contributed by atoms with van der Waals surface area (Å²) in [6.45, 7) is 3.85. The third-order valence-electron chi connectivity index (χ3n) is 2.17. The smallest absolute Gasteiger partial charge is 0.338 e. The monoisotopic (exact) mass is 212 g/mol. The number of hydrogen-bond acceptors (Lipinski definition) is 2. The van der Waals surface area contributed by atoms with Crippen LogP contribution < -0.4 is 0 Å². The van der Waals surface area contributed by atoms with Crippen molar-refractivity contribution in [1.82, 2.24) is 0 Å². The van der Waals surface area contributed by atoms with Crippen molar-refractivity contribution in [3.05, 3.63) is 33.8 Å². The van der Waals surface area contributed by atoms with E-state index in [0.717, 1.165) is 17.5 Å². The Labute approximate surface area is 88.8 Å². The Kier molecular flexibility index (Phi) is 3.53. The highest BCUT2D eigenvalue weighted by Crippen LogP contribution is 2.22. The number of methoxy groups -OCH3 is 1. The molecule has 14 heavy (non-hydrogen) atoms. The first-order valence-corrected chi connectivity index (χ1v) is 4.85. The van der Waals surface area contributed by atoms with Gasteiger partial charge in [0.2, 0.25) is 0 Å². The number of rotatable bonds is 2. The fourth-order valence-electron chi connectivity index (χ4n) is 1.32. The van der Waals surface area contributed by atoms with Gasteiger partial charge in [0.25, 0.3) is 0 Å². The summed E-state index contributed by atoms with van der Waals surface area (Å²) in [5.74, 6) is -0.304. The molecule has 0 aliphatic rings. The molecule has 0 radical (unpaired) electrons. The maximum absolute atomic E-state index is 11.4. The van der Waals surface area contributed by atoms with Gasteiger partial charge in [0, 0.05) is 5.02 Å². The minimum atomic E-state index is -0.304. The molecule has 0 heterocycles. The lowest BCUT2D eigenvalue weighted by Gasteiger charge is -2.08. The first-order valence-electron chi connectivity index (χ1n) is 4.47. The molecule has 0 aliphatic carbocycles. The van der Waals surface area contributed by atoms with Crippen molar-refractivity contribution < 1.29 is 9.53 Å². The highest BCUT2D eigenvalue weighted by Gasteiger charge is 2.12. The molecule has 0 aliphatic heterocycles. The lowest BCUT2D eigenvalue weighted by Crippen LogP contribution is -2.05. The van der Waals surface area contributed by atoms with Gasteiger partial charge in [-0.1, -0.05) is 18.5 Å². The first kappa shape index (κ1) is 11.1. The summed E-state index contributed by atoms with van der Waals surface area (Å²) in [7, 11) is 1.38. The van der Waals surface area contributed by atoms with Crippen molar-refractivity contribution in [2.24, 2.45) is 0 Å². The Morgan fingerprint density at radius 1 is 1.50 bits per heavy atom. The molecule has 3 heteroatoms. The Hall–Kier alpha value is -1.02. The summed E-state index contributed by atoms with van der Waals surface area (Å²) in [5.41, 5.74) is 2.42. The van der Waals surface area contributed by atoms with E-state index in [0.29, 0.717) is 10.6 Å². The van der Waals surface area contributed by atoms with E-state index in [1.807, 2.05) is 19.9 Å². The van der Waals surface area contributed by atoms with E-state index in [-0.39, 0.29) is 5.97 Å². The number of esters is 1. The van der Waals surface area contributed by atoms with Gasteiger partial charge in [0.05, 0.1) is 12.7 Å². The molecule has 0 aromatic heterocycles. The Bertz CT molecular complexity index is 359. The van der Waals surface area contributed by atoms with E-state index >= 15 is 0 Å². The molecule has 1 aromatic carbocycles. The van der Waals surface area contributed by atoms with Gasteiger partial charge in [0.15, 0.2) is 0 Å². The topological polar surface area (TPSA) is 26.3 Å². The van der Waals surface area contributed by atoms with Crippen LogP contribution in [0.4, 0.5) is 0 Å². The Balaban J connectivity index is 3.27. The van der Waals surface area contributed by atoms with Gasteiger partial charge in [-0.05, 0) is 36.6 Å². The van der Waals surface area contributed by atoms with Crippen LogP contribution in [0.25, 0.3) is 0 Å². The molecule has 0 N–H and O–H groups in total. The second-order valence-corrected chi connectivity index (χ2v) is 3.51. The molecule has 0 atom stereocenters. The zero-order valence-corrected chi connectivity index (χ0v) is 9.31. The van der Waals surface area contributed by atoms with E-state index < -0.39 is 0 Å². The first-order chi connectivity index (χ1) is 6.60. The van der Waals surface area contributed by atoms with Crippen LogP contribution in [0, 0.1) is 6.92 Å². The molecule has 0 saturated carbocycles. The van der Waals surface area contributed by atoms with Crippen LogP contribution in [0.2, 0.25) is 5.02 Å². The highest BCUT2D eigenvalue weighted by atomic mass is 35.5. The minimum absolute atomic E-state index is 0.304. The second kappa shape index (κ2) is 4.47. The third kappa shape index (κ3) is 2.07. The normalized spacial score (nSPS) is 10.0. The van der Waals surface area contributed by atoms with Crippen molar-refractivity contribution in [1.29, 1.82) is 0 Å². The number of carbonyl (C=O) groups is 1. The lowest BCUT2D eigenvalue weighted by atomic mass is 10.0. The van der Waals surface area contributed by atoms with Crippen molar-refractivity contribution >= 4 is 17.6 Å². The van der Waals surface area contributed by atoms with Crippen LogP contribution in [0.5, 0.6) is 0 Å². The van der Waals surface area contributed by atoms with Crippen LogP contribution >= 0.6 is 11.6 Å². The largest absolute Gasteiger partial charge is 0.465 e. The average molecular weight is 213 g/mol. The molecule has 1 rings (SSSR count). The molecule has 0 bridgehead atoms. The third-order valence-corrected chi connectivity index (χ3v) is 2.58. The van der Waals surface area contributed by atoms with Gasteiger partial charge in [-0.15, -0.1) is 0 Å². The fourth-order valence-corrected chi connectivity index (χ4v) is 1.50. The van der Waals surface area contributed by atoms with E-state index in [4.69, 9.17) is 16.3 Å². The molecule has 0 unspecified atom stereocenters. The number of hydrogen-bond donors (Lipinski definition) is 0. The molecule has 0 saturated heterocycles. The van der Waals surface area contributed by atoms with Gasteiger partial charge in [-0.2, -0.15) is 0 Å². The lowest BCUT2D eigenvalue weighted by molar-refractivity contribution is 0.0599. The summed E-state index contributed by atoms with van der Waals surface area (Å²) >= 11 is 5.96. The van der Waals surface area contributed by atoms with Crippen molar-refractivity contribution in [2.75, 3.05) is 7.11 Å². The Morgan fingerprint density at radius 2 is 2.14 bits per heavy atom. The van der Waals surface area contributed by atoms with E-state index in [1.165, 1.54) is 7.11 Å². The van der Waals surface area contributed by atoms with Crippen molar-refractivity contribution in [3.8, 4) is 0 Å². The number of carbonyl (C=O) groups excluding carboxylic acids is 1. The Morgan fingerprint density at radius 3 is 2.64 bits per heavy atom. The maximum atomic E-state index is 11.4. The number of halogens is 1. The summed E-state index contributed by atoms with van der Waals surface area (Å²) in [5, 5.41) is 0.689. The summed E-state index contributed by atoms with van der Waals surface area (Å²) < 4.78 is 4.69. The molecule has 1 aromatic rings. The van der Waals surface area contributed by atoms with Crippen molar-refractivity contribution in [2.45, 2.75) is 20.3 Å². The standard InChI is InChI=1S/C11H13ClO2/c1-4-8-6-10(12)7(2)5-9(8)11(13)14-3/h5-6H,4H2,1-3H3. The average Bonchev–Trinajstić information content (AvgIpc) is 2.20. The van der Waals surface area contributed by atoms with Gasteiger partial charge >= 0.3 is 5.97 Å². The number of benzene rings is 1. The molecule has 0 amide bonds. The molecule has 0 spiro atoms. The van der Waals surface area contributed by atoms with Crippen LogP contribution in [-0.4, -0.2) is 13.1 Å². The number of aryl methyl sites for hydroxylation is 2. The van der Waals surface area contributed by atoms with Crippen LogP contribution in [0.1, 0.15) is 28.4 Å². The summed E-state index contributed by atoms with van der Waals surface area (Å²) in [6, 6.07) is 3.59. The molecule has 2 nitrogen and oxygen atoms in total.